The Morgan fingerprint density at radius 1 is 1.26 bits per heavy atom. The van der Waals surface area contributed by atoms with Gasteiger partial charge in [0, 0.05) is 30.6 Å². The molecule has 3 rings (SSSR count). The predicted octanol–water partition coefficient (Wildman–Crippen LogP) is -0.975. The summed E-state index contributed by atoms with van der Waals surface area (Å²) in [6, 6.07) is 5.31. The fourth-order valence-electron chi connectivity index (χ4n) is 3.18. The lowest BCUT2D eigenvalue weighted by Gasteiger charge is -2.39. The minimum Gasteiger partial charge on any atom is -0.461 e. The van der Waals surface area contributed by atoms with Crippen molar-refractivity contribution in [2.45, 2.75) is 44.1 Å². The van der Waals surface area contributed by atoms with Gasteiger partial charge >= 0.3 is 0 Å². The Bertz CT molecular complexity index is 791. The first-order valence-electron chi connectivity index (χ1n) is 8.73. The highest BCUT2D eigenvalue weighted by molar-refractivity contribution is 5.89. The summed E-state index contributed by atoms with van der Waals surface area (Å²) in [4.78, 5) is 14.2. The molecule has 1 aliphatic rings. The maximum Gasteiger partial charge on any atom is 0.229 e. The molecule has 27 heavy (non-hydrogen) atoms. The molecule has 0 spiro atoms. The van der Waals surface area contributed by atoms with Gasteiger partial charge in [-0.2, -0.15) is 0 Å². The summed E-state index contributed by atoms with van der Waals surface area (Å²) in [5.74, 6) is 0.295. The van der Waals surface area contributed by atoms with Gasteiger partial charge < -0.3 is 40.2 Å². The average Bonchev–Trinajstić information content (AvgIpc) is 3.06. The molecule has 0 aliphatic carbocycles. The first kappa shape index (κ1) is 19.6. The van der Waals surface area contributed by atoms with E-state index < -0.39 is 37.3 Å². The number of carbonyl (C=O) groups excluding carboxylic acids is 1. The Morgan fingerprint density at radius 3 is 2.74 bits per heavy atom. The highest BCUT2D eigenvalue weighted by atomic mass is 16.7. The third kappa shape index (κ3) is 4.07. The molecule has 9 nitrogen and oxygen atoms in total. The van der Waals surface area contributed by atoms with Gasteiger partial charge in [0.05, 0.1) is 6.61 Å². The highest BCUT2D eigenvalue weighted by Crippen LogP contribution is 2.32. The SMILES string of the molecule is CC(=O)NCCc1c[nH]c2cccc(OC3OC(CO)C(O)C(O)C3O)c12. The third-order valence-electron chi connectivity index (χ3n) is 4.61. The van der Waals surface area contributed by atoms with Gasteiger partial charge in [-0.25, -0.2) is 0 Å². The molecule has 1 saturated heterocycles. The van der Waals surface area contributed by atoms with Crippen LogP contribution in [-0.4, -0.2) is 75.2 Å². The normalized spacial score (nSPS) is 28.3. The quantitative estimate of drug-likeness (QED) is 0.378. The highest BCUT2D eigenvalue weighted by Gasteiger charge is 2.44. The first-order valence-corrected chi connectivity index (χ1v) is 8.73. The molecule has 2 heterocycles. The first-order chi connectivity index (χ1) is 12.9. The maximum atomic E-state index is 11.1. The fraction of sp³-hybridized carbons (Fsp3) is 0.500. The molecular weight excluding hydrogens is 356 g/mol. The van der Waals surface area contributed by atoms with Crippen LogP contribution in [0.3, 0.4) is 0 Å². The van der Waals surface area contributed by atoms with Crippen molar-refractivity contribution in [1.82, 2.24) is 10.3 Å². The topological polar surface area (TPSA) is 144 Å². The number of nitrogens with one attached hydrogen (secondary N) is 2. The van der Waals surface area contributed by atoms with E-state index in [1.807, 2.05) is 12.3 Å². The minimum absolute atomic E-state index is 0.118. The standard InChI is InChI=1S/C18H24N2O7/c1-9(22)19-6-5-10-7-20-11-3-2-4-12(14(10)11)26-18-17(25)16(24)15(23)13(8-21)27-18/h2-4,7,13,15-18,20-21,23-25H,5-6,8H2,1H3,(H,19,22). The van der Waals surface area contributed by atoms with Crippen LogP contribution in [0.5, 0.6) is 5.75 Å². The van der Waals surface area contributed by atoms with Gasteiger partial charge in [0.2, 0.25) is 12.2 Å². The van der Waals surface area contributed by atoms with Crippen molar-refractivity contribution >= 4 is 16.8 Å². The lowest BCUT2D eigenvalue weighted by atomic mass is 9.99. The van der Waals surface area contributed by atoms with Crippen LogP contribution in [0.25, 0.3) is 10.9 Å². The number of rotatable bonds is 6. The van der Waals surface area contributed by atoms with E-state index in [0.29, 0.717) is 18.7 Å². The smallest absolute Gasteiger partial charge is 0.229 e. The van der Waals surface area contributed by atoms with E-state index in [9.17, 15) is 25.2 Å². The van der Waals surface area contributed by atoms with Crippen molar-refractivity contribution in [3.8, 4) is 5.75 Å². The molecule has 9 heteroatoms. The number of ether oxygens (including phenoxy) is 2. The number of aliphatic hydroxyl groups excluding tert-OH is 4. The van der Waals surface area contributed by atoms with Gasteiger partial charge in [-0.15, -0.1) is 0 Å². The molecule has 0 bridgehead atoms. The van der Waals surface area contributed by atoms with Gasteiger partial charge in [-0.3, -0.25) is 4.79 Å². The summed E-state index contributed by atoms with van der Waals surface area (Å²) >= 11 is 0. The molecular formula is C18H24N2O7. The summed E-state index contributed by atoms with van der Waals surface area (Å²) in [7, 11) is 0. The number of carbonyl (C=O) groups is 1. The number of H-pyrrole nitrogens is 1. The Balaban J connectivity index is 1.83. The Morgan fingerprint density at radius 2 is 2.04 bits per heavy atom. The van der Waals surface area contributed by atoms with Crippen LogP contribution in [0.4, 0.5) is 0 Å². The van der Waals surface area contributed by atoms with E-state index in [1.165, 1.54) is 6.92 Å². The zero-order valence-corrected chi connectivity index (χ0v) is 14.8. The van der Waals surface area contributed by atoms with Crippen LogP contribution in [0.15, 0.2) is 24.4 Å². The van der Waals surface area contributed by atoms with Crippen LogP contribution in [-0.2, 0) is 16.0 Å². The molecule has 1 fully saturated rings. The van der Waals surface area contributed by atoms with Gasteiger partial charge in [-0.05, 0) is 24.1 Å². The fourth-order valence-corrected chi connectivity index (χ4v) is 3.18. The summed E-state index contributed by atoms with van der Waals surface area (Å²) in [6.07, 6.45) is -4.37. The molecule has 2 aromatic rings. The van der Waals surface area contributed by atoms with Crippen LogP contribution in [0.1, 0.15) is 12.5 Å². The summed E-state index contributed by atoms with van der Waals surface area (Å²) < 4.78 is 11.2. The summed E-state index contributed by atoms with van der Waals surface area (Å²) in [5.41, 5.74) is 1.70. The largest absolute Gasteiger partial charge is 0.461 e. The number of aromatic nitrogens is 1. The lowest BCUT2D eigenvalue weighted by Crippen LogP contribution is -2.60. The molecule has 1 aliphatic heterocycles. The number of fused-ring (bicyclic) bond motifs is 1. The molecule has 148 valence electrons. The zero-order valence-electron chi connectivity index (χ0n) is 14.8. The van der Waals surface area contributed by atoms with Crippen LogP contribution in [0.2, 0.25) is 0 Å². The maximum absolute atomic E-state index is 11.1. The zero-order chi connectivity index (χ0) is 19.6. The summed E-state index contributed by atoms with van der Waals surface area (Å²) in [5, 5.41) is 42.8. The molecule has 1 aromatic heterocycles. The minimum atomic E-state index is -1.51. The van der Waals surface area contributed by atoms with Crippen LogP contribution in [0, 0.1) is 0 Å². The molecule has 0 radical (unpaired) electrons. The molecule has 1 aromatic carbocycles. The van der Waals surface area contributed by atoms with E-state index in [2.05, 4.69) is 10.3 Å². The van der Waals surface area contributed by atoms with Crippen molar-refractivity contribution in [2.75, 3.05) is 13.2 Å². The number of aliphatic hydroxyl groups is 4. The van der Waals surface area contributed by atoms with Crippen LogP contribution < -0.4 is 10.1 Å². The Labute approximate surface area is 155 Å². The van der Waals surface area contributed by atoms with Gasteiger partial charge in [0.1, 0.15) is 30.2 Å². The van der Waals surface area contributed by atoms with Gasteiger partial charge in [-0.1, -0.05) is 6.07 Å². The number of hydrogen-bond donors (Lipinski definition) is 6. The van der Waals surface area contributed by atoms with E-state index in [1.54, 1.807) is 12.1 Å². The van der Waals surface area contributed by atoms with E-state index >= 15 is 0 Å². The Hall–Kier alpha value is -2.17. The monoisotopic (exact) mass is 380 g/mol. The van der Waals surface area contributed by atoms with Crippen molar-refractivity contribution in [1.29, 1.82) is 0 Å². The summed E-state index contributed by atoms with van der Waals surface area (Å²) in [6.45, 7) is 1.38. The van der Waals surface area contributed by atoms with E-state index in [0.717, 1.165) is 16.5 Å². The number of benzene rings is 1. The van der Waals surface area contributed by atoms with Crippen molar-refractivity contribution in [3.63, 3.8) is 0 Å². The number of hydrogen-bond acceptors (Lipinski definition) is 7. The Kier molecular flexibility index (Phi) is 5.98. The number of amides is 1. The van der Waals surface area contributed by atoms with Crippen LogP contribution >= 0.6 is 0 Å². The molecule has 5 atom stereocenters. The van der Waals surface area contributed by atoms with Crippen molar-refractivity contribution in [2.24, 2.45) is 0 Å². The van der Waals surface area contributed by atoms with Gasteiger partial charge in [0.25, 0.3) is 0 Å². The second kappa shape index (κ2) is 8.24. The second-order valence-electron chi connectivity index (χ2n) is 6.54. The average molecular weight is 380 g/mol. The van der Waals surface area contributed by atoms with Crippen molar-refractivity contribution in [3.05, 3.63) is 30.0 Å². The second-order valence-corrected chi connectivity index (χ2v) is 6.54. The van der Waals surface area contributed by atoms with Gasteiger partial charge in [0.15, 0.2) is 0 Å². The van der Waals surface area contributed by atoms with E-state index in [4.69, 9.17) is 9.47 Å². The molecule has 0 saturated carbocycles. The molecule has 5 unspecified atom stereocenters. The third-order valence-corrected chi connectivity index (χ3v) is 4.61. The number of aromatic amines is 1. The lowest BCUT2D eigenvalue weighted by molar-refractivity contribution is -0.277. The molecule has 6 N–H and O–H groups in total. The van der Waals surface area contributed by atoms with E-state index in [-0.39, 0.29) is 5.91 Å². The molecule has 1 amide bonds. The van der Waals surface area contributed by atoms with Crippen molar-refractivity contribution < 1.29 is 34.7 Å². The predicted molar refractivity (Wildman–Crippen MR) is 95.1 cm³/mol.